The number of carbonyl (C=O) groups excluding carboxylic acids is 1. The van der Waals surface area contributed by atoms with E-state index in [1.807, 2.05) is 23.6 Å². The lowest BCUT2D eigenvalue weighted by molar-refractivity contribution is -0.114. The fourth-order valence-electron chi connectivity index (χ4n) is 4.65. The van der Waals surface area contributed by atoms with Crippen molar-refractivity contribution < 1.29 is 19.0 Å². The van der Waals surface area contributed by atoms with Crippen molar-refractivity contribution >= 4 is 11.3 Å². The second kappa shape index (κ2) is 9.75. The molecule has 7 heteroatoms. The van der Waals surface area contributed by atoms with Gasteiger partial charge < -0.3 is 19.6 Å². The second-order valence-corrected chi connectivity index (χ2v) is 8.78. The quantitative estimate of drug-likeness (QED) is 0.480. The first-order valence-corrected chi connectivity index (χ1v) is 11.4. The molecule has 0 spiro atoms. The largest absolute Gasteiger partial charge is 0.505 e. The number of nitrogens with one attached hydrogen (secondary N) is 1. The third-order valence-corrected chi connectivity index (χ3v) is 6.29. The van der Waals surface area contributed by atoms with Gasteiger partial charge in [0.15, 0.2) is 17.3 Å². The zero-order valence-electron chi connectivity index (χ0n) is 19.1. The molecular formula is C26H30FN3O3. The van der Waals surface area contributed by atoms with Crippen molar-refractivity contribution in [2.45, 2.75) is 64.1 Å². The predicted octanol–water partition coefficient (Wildman–Crippen LogP) is 4.83. The average Bonchev–Trinajstić information content (AvgIpc) is 3.27. The van der Waals surface area contributed by atoms with E-state index < -0.39 is 5.82 Å². The van der Waals surface area contributed by atoms with Crippen LogP contribution in [0, 0.1) is 5.82 Å². The van der Waals surface area contributed by atoms with Gasteiger partial charge in [-0.3, -0.25) is 4.79 Å². The molecule has 3 aromatic rings. The Morgan fingerprint density at radius 2 is 2.21 bits per heavy atom. The van der Waals surface area contributed by atoms with Gasteiger partial charge in [0.25, 0.3) is 0 Å². The molecule has 1 aliphatic rings. The highest BCUT2D eigenvalue weighted by Crippen LogP contribution is 2.35. The number of hydrogen-bond donors (Lipinski definition) is 2. The molecule has 0 unspecified atom stereocenters. The van der Waals surface area contributed by atoms with Crippen molar-refractivity contribution in [2.75, 3.05) is 0 Å². The Kier molecular flexibility index (Phi) is 6.79. The number of phenolic OH excluding ortho intramolecular Hbond substituents is 1. The van der Waals surface area contributed by atoms with Crippen molar-refractivity contribution in [3.8, 4) is 22.6 Å². The smallest absolute Gasteiger partial charge is 0.165 e. The van der Waals surface area contributed by atoms with Crippen molar-refractivity contribution in [1.82, 2.24) is 14.7 Å². The summed E-state index contributed by atoms with van der Waals surface area (Å²) in [5.74, 6) is -0.269. The van der Waals surface area contributed by atoms with Gasteiger partial charge in [-0.25, -0.2) is 9.37 Å². The van der Waals surface area contributed by atoms with Crippen LogP contribution in [0.2, 0.25) is 0 Å². The lowest BCUT2D eigenvalue weighted by Crippen LogP contribution is -2.47. The molecule has 1 fully saturated rings. The molecule has 3 heterocycles. The molecule has 4 rings (SSSR count). The molecular weight excluding hydrogens is 421 g/mol. The first kappa shape index (κ1) is 23.0. The number of ether oxygens (including phenoxy) is 1. The number of aromatic nitrogens is 2. The van der Waals surface area contributed by atoms with E-state index in [-0.39, 0.29) is 29.7 Å². The number of nitrogens with zero attached hydrogens (tertiary/aromatic N) is 2. The molecule has 3 atom stereocenters. The number of allylic oxidation sites excluding steroid dienone is 1. The summed E-state index contributed by atoms with van der Waals surface area (Å²) in [5.41, 5.74) is 3.19. The van der Waals surface area contributed by atoms with E-state index in [0.29, 0.717) is 24.2 Å². The number of benzene rings is 1. The van der Waals surface area contributed by atoms with Crippen LogP contribution in [0.4, 0.5) is 4.39 Å². The summed E-state index contributed by atoms with van der Waals surface area (Å²) < 4.78 is 22.6. The summed E-state index contributed by atoms with van der Waals surface area (Å²) >= 11 is 0. The van der Waals surface area contributed by atoms with Crippen molar-refractivity contribution in [1.29, 1.82) is 0 Å². The molecule has 0 saturated carbocycles. The number of imidazole rings is 1. The molecule has 0 amide bonds. The van der Waals surface area contributed by atoms with Crippen molar-refractivity contribution in [3.63, 3.8) is 0 Å². The Labute approximate surface area is 193 Å². The third-order valence-electron chi connectivity index (χ3n) is 6.29. The number of aryl methyl sites for hydroxylation is 1. The summed E-state index contributed by atoms with van der Waals surface area (Å²) in [5, 5.41) is 13.4. The van der Waals surface area contributed by atoms with Gasteiger partial charge in [0.2, 0.25) is 0 Å². The topological polar surface area (TPSA) is 75.9 Å². The van der Waals surface area contributed by atoms with E-state index in [0.717, 1.165) is 35.9 Å². The molecule has 2 N–H and O–H groups in total. The number of aromatic hydroxyl groups is 1. The van der Waals surface area contributed by atoms with E-state index >= 15 is 0 Å². The maximum absolute atomic E-state index is 14.2. The van der Waals surface area contributed by atoms with Crippen LogP contribution in [0.5, 0.6) is 11.5 Å². The molecule has 33 heavy (non-hydrogen) atoms. The lowest BCUT2D eigenvalue weighted by atomic mass is 9.93. The molecule has 1 aromatic carbocycles. The van der Waals surface area contributed by atoms with Crippen LogP contribution >= 0.6 is 0 Å². The number of pyridine rings is 1. The Bertz CT molecular complexity index is 1170. The van der Waals surface area contributed by atoms with Crippen LogP contribution in [0.3, 0.4) is 0 Å². The van der Waals surface area contributed by atoms with Gasteiger partial charge in [0.05, 0.1) is 12.5 Å². The van der Waals surface area contributed by atoms with Gasteiger partial charge in [-0.1, -0.05) is 13.5 Å². The number of phenols is 1. The van der Waals surface area contributed by atoms with Gasteiger partial charge >= 0.3 is 0 Å². The van der Waals surface area contributed by atoms with Crippen LogP contribution in [0.1, 0.15) is 45.1 Å². The number of rotatable bonds is 8. The first-order chi connectivity index (χ1) is 15.9. The monoisotopic (exact) mass is 451 g/mol. The number of carbonyl (C=O) groups is 1. The molecule has 0 aliphatic carbocycles. The van der Waals surface area contributed by atoms with Gasteiger partial charge in [-0.2, -0.15) is 0 Å². The fourth-order valence-corrected chi connectivity index (χ4v) is 4.65. The van der Waals surface area contributed by atoms with Gasteiger partial charge in [0.1, 0.15) is 17.4 Å². The van der Waals surface area contributed by atoms with E-state index in [1.165, 1.54) is 18.2 Å². The molecule has 1 saturated heterocycles. The minimum Gasteiger partial charge on any atom is -0.505 e. The van der Waals surface area contributed by atoms with Crippen molar-refractivity contribution in [2.24, 2.45) is 0 Å². The third kappa shape index (κ3) is 5.09. The highest BCUT2D eigenvalue weighted by Gasteiger charge is 2.28. The fraction of sp³-hybridized carbons (Fsp3) is 0.385. The maximum atomic E-state index is 14.2. The normalized spacial score (nSPS) is 20.6. The summed E-state index contributed by atoms with van der Waals surface area (Å²) in [6.45, 7) is 7.64. The minimum absolute atomic E-state index is 0.0266. The van der Waals surface area contributed by atoms with E-state index in [9.17, 15) is 14.3 Å². The molecule has 0 radical (unpaired) electrons. The Morgan fingerprint density at radius 1 is 1.39 bits per heavy atom. The maximum Gasteiger partial charge on any atom is 0.165 e. The second-order valence-electron chi connectivity index (χ2n) is 8.78. The molecule has 174 valence electrons. The Morgan fingerprint density at radius 3 is 2.97 bits per heavy atom. The number of piperidine rings is 1. The van der Waals surface area contributed by atoms with Crippen LogP contribution in [-0.4, -0.2) is 38.5 Å². The van der Waals surface area contributed by atoms with E-state index in [1.54, 1.807) is 12.5 Å². The summed E-state index contributed by atoms with van der Waals surface area (Å²) in [6, 6.07) is 5.21. The zero-order valence-corrected chi connectivity index (χ0v) is 19.1. The van der Waals surface area contributed by atoms with Crippen molar-refractivity contribution in [3.05, 3.63) is 61.0 Å². The van der Waals surface area contributed by atoms with E-state index in [4.69, 9.17) is 4.74 Å². The molecule has 0 bridgehead atoms. The average molecular weight is 452 g/mol. The van der Waals surface area contributed by atoms with E-state index in [2.05, 4.69) is 23.8 Å². The predicted molar refractivity (Wildman–Crippen MR) is 126 cm³/mol. The van der Waals surface area contributed by atoms with Gasteiger partial charge in [-0.05, 0) is 68.0 Å². The number of halogens is 1. The highest BCUT2D eigenvalue weighted by molar-refractivity contribution is 5.89. The number of fused-ring (bicyclic) bond motifs is 1. The van der Waals surface area contributed by atoms with Crippen LogP contribution in [0.15, 0.2) is 49.6 Å². The summed E-state index contributed by atoms with van der Waals surface area (Å²) in [7, 11) is 0. The zero-order chi connectivity index (χ0) is 23.5. The number of ketones is 1. The lowest BCUT2D eigenvalue weighted by Gasteiger charge is -2.35. The van der Waals surface area contributed by atoms with Gasteiger partial charge in [0, 0.05) is 30.3 Å². The van der Waals surface area contributed by atoms with Crippen LogP contribution < -0.4 is 10.1 Å². The first-order valence-electron chi connectivity index (χ1n) is 11.4. The minimum atomic E-state index is -0.653. The standard InChI is InChI=1S/C26H30FN3O3/c1-4-17-9-25(32)23(27)12-22(17)18-10-26(24-13-28-15-30(24)14-18)33-21-8-16(3)29-19(11-21)6-7-20(31)5-2/h5,9-10,12-16,19,21,29,32H,2,4,6-8,11H2,1,3H3/t16-,19+,21-/m0/s1. The number of hydrogen-bond acceptors (Lipinski definition) is 5. The Hall–Kier alpha value is -3.19. The van der Waals surface area contributed by atoms with Gasteiger partial charge in [-0.15, -0.1) is 0 Å². The highest BCUT2D eigenvalue weighted by atomic mass is 19.1. The molecule has 6 nitrogen and oxygen atoms in total. The summed E-state index contributed by atoms with van der Waals surface area (Å²) in [6.07, 6.45) is 10.2. The molecule has 2 aromatic heterocycles. The summed E-state index contributed by atoms with van der Waals surface area (Å²) in [4.78, 5) is 15.9. The van der Waals surface area contributed by atoms with Crippen LogP contribution in [-0.2, 0) is 11.2 Å². The Balaban J connectivity index is 1.63. The van der Waals surface area contributed by atoms with Crippen LogP contribution in [0.25, 0.3) is 16.6 Å². The molecule has 1 aliphatic heterocycles. The SMILES string of the molecule is C=CC(=O)CC[C@@H]1C[C@@H](Oc2cc(-c3cc(F)c(O)cc3CC)cn3cncc23)C[C@H](C)N1.